The van der Waals surface area contributed by atoms with Crippen LogP contribution in [0.5, 0.6) is 5.75 Å². The summed E-state index contributed by atoms with van der Waals surface area (Å²) < 4.78 is 16.1. The number of pyridine rings is 1. The first kappa shape index (κ1) is 23.2. The fraction of sp³-hybridized carbons (Fsp3) is 0.273. The Morgan fingerprint density at radius 3 is 2.56 bits per heavy atom. The number of aromatic nitrogens is 3. The molecular weight excluding hydrogens is 431 g/mol. The van der Waals surface area contributed by atoms with E-state index in [1.165, 1.54) is 6.20 Å². The molecule has 166 valence electrons. The molecule has 1 unspecified atom stereocenters. The topological polar surface area (TPSA) is 134 Å². The standard InChI is InChI=1S/C22H23N4O5P/c1-3-15-14(8-9-19(16(15)4-2)31-32(29)30)10-12-24-21(27)17-13-25-20(26-22(17)28)18-7-5-6-11-23-18/h5-9,11,13H,3-4,10,12H2,1-2H3,(H2-,24,25,26,27,28,29,30)/p+1. The lowest BCUT2D eigenvalue weighted by molar-refractivity contribution is 0.0952. The molecule has 0 radical (unpaired) electrons. The van der Waals surface area contributed by atoms with Crippen molar-refractivity contribution in [3.8, 4) is 17.3 Å². The second kappa shape index (κ2) is 10.7. The molecule has 3 aromatic rings. The van der Waals surface area contributed by atoms with Crippen molar-refractivity contribution in [2.24, 2.45) is 0 Å². The Morgan fingerprint density at radius 2 is 1.94 bits per heavy atom. The first-order valence-electron chi connectivity index (χ1n) is 10.2. The molecule has 1 aromatic carbocycles. The molecule has 3 rings (SSSR count). The van der Waals surface area contributed by atoms with Crippen LogP contribution >= 0.6 is 8.25 Å². The minimum Gasteiger partial charge on any atom is -0.351 e. The molecule has 0 aliphatic heterocycles. The number of benzene rings is 1. The van der Waals surface area contributed by atoms with Crippen molar-refractivity contribution >= 4 is 14.2 Å². The number of carbonyl (C=O) groups is 1. The third-order valence-electron chi connectivity index (χ3n) is 5.00. The van der Waals surface area contributed by atoms with Crippen molar-refractivity contribution in [3.63, 3.8) is 0 Å². The molecule has 32 heavy (non-hydrogen) atoms. The van der Waals surface area contributed by atoms with Crippen molar-refractivity contribution in [2.45, 2.75) is 33.1 Å². The lowest BCUT2D eigenvalue weighted by Gasteiger charge is -2.14. The summed E-state index contributed by atoms with van der Waals surface area (Å²) in [4.78, 5) is 44.8. The molecule has 0 saturated heterocycles. The highest BCUT2D eigenvalue weighted by Crippen LogP contribution is 2.32. The van der Waals surface area contributed by atoms with E-state index in [0.717, 1.165) is 16.7 Å². The van der Waals surface area contributed by atoms with Crippen LogP contribution in [0.2, 0.25) is 0 Å². The van der Waals surface area contributed by atoms with E-state index in [0.29, 0.717) is 43.1 Å². The monoisotopic (exact) mass is 455 g/mol. The van der Waals surface area contributed by atoms with E-state index < -0.39 is 19.7 Å². The van der Waals surface area contributed by atoms with Crippen LogP contribution in [0.3, 0.4) is 0 Å². The lowest BCUT2D eigenvalue weighted by atomic mass is 9.94. The van der Waals surface area contributed by atoms with Crippen LogP contribution in [0.4, 0.5) is 0 Å². The molecule has 0 saturated carbocycles. The normalized spacial score (nSPS) is 11.2. The second-order valence-corrected chi connectivity index (χ2v) is 7.57. The Hall–Kier alpha value is -3.42. The molecular formula is C22H24N4O5P+. The maximum absolute atomic E-state index is 12.5. The number of rotatable bonds is 9. The van der Waals surface area contributed by atoms with E-state index >= 15 is 0 Å². The van der Waals surface area contributed by atoms with Gasteiger partial charge in [0.15, 0.2) is 11.6 Å². The van der Waals surface area contributed by atoms with Gasteiger partial charge in [-0.1, -0.05) is 26.0 Å². The number of hydrogen-bond acceptors (Lipinski definition) is 6. The van der Waals surface area contributed by atoms with E-state index in [1.807, 2.05) is 19.9 Å². The first-order valence-corrected chi connectivity index (χ1v) is 11.3. The average molecular weight is 455 g/mol. The minimum absolute atomic E-state index is 0.0786. The van der Waals surface area contributed by atoms with Crippen LogP contribution in [0.25, 0.3) is 11.5 Å². The molecule has 3 N–H and O–H groups in total. The Morgan fingerprint density at radius 1 is 1.16 bits per heavy atom. The van der Waals surface area contributed by atoms with Gasteiger partial charge in [0.2, 0.25) is 0 Å². The van der Waals surface area contributed by atoms with Gasteiger partial charge in [-0.05, 0) is 48.6 Å². The predicted octanol–water partition coefficient (Wildman–Crippen LogP) is 2.96. The third-order valence-corrected chi connectivity index (χ3v) is 5.35. The Labute approximate surface area is 185 Å². The lowest BCUT2D eigenvalue weighted by Crippen LogP contribution is -2.31. The second-order valence-electron chi connectivity index (χ2n) is 6.91. The smallest absolute Gasteiger partial charge is 0.351 e. The molecule has 0 fully saturated rings. The SMILES string of the molecule is CCc1c(CCNC(=O)c2cnc(-c3ccccn3)[nH]c2=O)ccc(O[P+](=O)O)c1CC. The summed E-state index contributed by atoms with van der Waals surface area (Å²) in [5.74, 6) is 0.169. The number of hydrogen-bond donors (Lipinski definition) is 3. The first-order chi connectivity index (χ1) is 15.4. The van der Waals surface area contributed by atoms with Gasteiger partial charge >= 0.3 is 8.25 Å². The number of nitrogens with one attached hydrogen (secondary N) is 2. The highest BCUT2D eigenvalue weighted by molar-refractivity contribution is 7.32. The molecule has 0 aliphatic carbocycles. The van der Waals surface area contributed by atoms with Gasteiger partial charge in [-0.25, -0.2) is 9.51 Å². The summed E-state index contributed by atoms with van der Waals surface area (Å²) in [7, 11) is -2.74. The number of carbonyl (C=O) groups excluding carboxylic acids is 1. The molecule has 1 amide bonds. The summed E-state index contributed by atoms with van der Waals surface area (Å²) in [5, 5.41) is 2.75. The van der Waals surface area contributed by atoms with Gasteiger partial charge in [0.05, 0.1) is 0 Å². The van der Waals surface area contributed by atoms with Crippen LogP contribution in [0.1, 0.15) is 40.9 Å². The van der Waals surface area contributed by atoms with E-state index in [-0.39, 0.29) is 5.56 Å². The van der Waals surface area contributed by atoms with Gasteiger partial charge in [0.1, 0.15) is 11.3 Å². The molecule has 2 heterocycles. The van der Waals surface area contributed by atoms with E-state index in [9.17, 15) is 14.2 Å². The third kappa shape index (κ3) is 5.43. The van der Waals surface area contributed by atoms with Crippen molar-refractivity contribution < 1.29 is 18.8 Å². The van der Waals surface area contributed by atoms with Crippen molar-refractivity contribution in [1.82, 2.24) is 20.3 Å². The number of nitrogens with zero attached hydrogens (tertiary/aromatic N) is 2. The zero-order valence-electron chi connectivity index (χ0n) is 17.8. The fourth-order valence-electron chi connectivity index (χ4n) is 3.55. The highest BCUT2D eigenvalue weighted by Gasteiger charge is 2.20. The van der Waals surface area contributed by atoms with Gasteiger partial charge in [-0.2, -0.15) is 0 Å². The van der Waals surface area contributed by atoms with E-state index in [2.05, 4.69) is 20.3 Å². The van der Waals surface area contributed by atoms with Gasteiger partial charge in [-0.3, -0.25) is 14.6 Å². The maximum Gasteiger partial charge on any atom is 0.747 e. The van der Waals surface area contributed by atoms with Gasteiger partial charge < -0.3 is 10.3 Å². The average Bonchev–Trinajstić information content (AvgIpc) is 2.79. The van der Waals surface area contributed by atoms with Crippen LogP contribution < -0.4 is 15.4 Å². The Kier molecular flexibility index (Phi) is 7.81. The highest BCUT2D eigenvalue weighted by atomic mass is 31.1. The number of aromatic amines is 1. The van der Waals surface area contributed by atoms with Crippen molar-refractivity contribution in [3.05, 3.63) is 75.3 Å². The Bertz CT molecular complexity index is 1180. The summed E-state index contributed by atoms with van der Waals surface area (Å²) in [5.41, 5.74) is 2.79. The minimum atomic E-state index is -2.74. The van der Waals surface area contributed by atoms with Gasteiger partial charge in [-0.15, -0.1) is 4.89 Å². The van der Waals surface area contributed by atoms with Gasteiger partial charge in [0.25, 0.3) is 11.5 Å². The zero-order valence-corrected chi connectivity index (χ0v) is 18.7. The summed E-state index contributed by atoms with van der Waals surface area (Å²) in [6.45, 7) is 4.25. The summed E-state index contributed by atoms with van der Waals surface area (Å²) in [6.07, 6.45) is 4.72. The zero-order chi connectivity index (χ0) is 23.1. The Balaban J connectivity index is 1.69. The van der Waals surface area contributed by atoms with Gasteiger partial charge in [0, 0.05) is 29.1 Å². The molecule has 10 heteroatoms. The maximum atomic E-state index is 12.5. The molecule has 9 nitrogen and oxygen atoms in total. The van der Waals surface area contributed by atoms with E-state index in [1.54, 1.807) is 30.5 Å². The summed E-state index contributed by atoms with van der Waals surface area (Å²) in [6, 6.07) is 8.74. The molecule has 0 bridgehead atoms. The molecule has 0 spiro atoms. The predicted molar refractivity (Wildman–Crippen MR) is 120 cm³/mol. The summed E-state index contributed by atoms with van der Waals surface area (Å²) >= 11 is 0. The fourth-order valence-corrected chi connectivity index (χ4v) is 3.89. The number of H-pyrrole nitrogens is 1. The van der Waals surface area contributed by atoms with Crippen LogP contribution in [0, 0.1) is 0 Å². The van der Waals surface area contributed by atoms with Crippen LogP contribution in [0.15, 0.2) is 47.5 Å². The van der Waals surface area contributed by atoms with Crippen LogP contribution in [-0.4, -0.2) is 32.3 Å². The van der Waals surface area contributed by atoms with Crippen LogP contribution in [-0.2, 0) is 23.8 Å². The molecule has 2 aromatic heterocycles. The van der Waals surface area contributed by atoms with Crippen molar-refractivity contribution in [2.75, 3.05) is 6.54 Å². The van der Waals surface area contributed by atoms with E-state index in [4.69, 9.17) is 9.42 Å². The quantitative estimate of drug-likeness (QED) is 0.422. The number of amides is 1. The largest absolute Gasteiger partial charge is 0.747 e. The molecule has 1 atom stereocenters. The van der Waals surface area contributed by atoms with Crippen molar-refractivity contribution in [1.29, 1.82) is 0 Å². The molecule has 0 aliphatic rings.